The first-order chi connectivity index (χ1) is 16.7. The third-order valence-corrected chi connectivity index (χ3v) is 7.41. The van der Waals surface area contributed by atoms with Crippen LogP contribution in [0.25, 0.3) is 11.0 Å². The first-order valence-corrected chi connectivity index (χ1v) is 13.1. The van der Waals surface area contributed by atoms with Crippen LogP contribution in [0.4, 0.5) is 17.5 Å². The molecule has 12 heteroatoms. The number of hydrogen-bond donors (Lipinski definition) is 2. The van der Waals surface area contributed by atoms with Crippen LogP contribution in [0.5, 0.6) is 0 Å². The molecule has 0 unspecified atom stereocenters. The van der Waals surface area contributed by atoms with E-state index in [0.29, 0.717) is 29.7 Å². The molecule has 0 radical (unpaired) electrons. The summed E-state index contributed by atoms with van der Waals surface area (Å²) in [7, 11) is -3.78. The van der Waals surface area contributed by atoms with Gasteiger partial charge >= 0.3 is 5.97 Å². The molecular weight excluding hydrogens is 470 g/mol. The minimum atomic E-state index is -3.78. The molecule has 3 N–H and O–H groups in total. The number of fused-ring (bicyclic) bond motifs is 4. The van der Waals surface area contributed by atoms with E-state index in [1.165, 1.54) is 19.1 Å². The minimum Gasteiger partial charge on any atom is -0.407 e. The molecule has 1 saturated carbocycles. The normalized spacial score (nSPS) is 17.2. The molecule has 3 aromatic rings. The maximum Gasteiger partial charge on any atom is 0.309 e. The molecule has 1 aliphatic carbocycles. The number of hydrazone groups is 1. The number of nitrogens with one attached hydrogen (secondary N) is 1. The van der Waals surface area contributed by atoms with Gasteiger partial charge in [-0.2, -0.15) is 4.98 Å². The second-order valence-electron chi connectivity index (χ2n) is 8.81. The third kappa shape index (κ3) is 4.12. The fourth-order valence-electron chi connectivity index (χ4n) is 4.91. The SMILES string of the molecule is CCN1N=C(OC(C)=O)C2(CCCCC2)n2c1cc1cnc(Nc3ccc(S(N)(=O)=O)cc3)nc12. The summed E-state index contributed by atoms with van der Waals surface area (Å²) in [5.74, 6) is 1.24. The summed E-state index contributed by atoms with van der Waals surface area (Å²) in [6, 6.07) is 8.07. The lowest BCUT2D eigenvalue weighted by Crippen LogP contribution is -2.50. The number of sulfonamides is 1. The predicted octanol–water partition coefficient (Wildman–Crippen LogP) is 3.20. The number of carbonyl (C=O) groups excluding carboxylic acids is 1. The quantitative estimate of drug-likeness (QED) is 0.523. The van der Waals surface area contributed by atoms with E-state index in [1.807, 2.05) is 18.0 Å². The van der Waals surface area contributed by atoms with Gasteiger partial charge in [0.1, 0.15) is 17.0 Å². The Morgan fingerprint density at radius 2 is 1.91 bits per heavy atom. The van der Waals surface area contributed by atoms with Crippen LogP contribution in [0.3, 0.4) is 0 Å². The van der Waals surface area contributed by atoms with Crippen molar-refractivity contribution >= 4 is 50.4 Å². The average molecular weight is 498 g/mol. The van der Waals surface area contributed by atoms with Gasteiger partial charge in [0.25, 0.3) is 0 Å². The molecule has 184 valence electrons. The van der Waals surface area contributed by atoms with Crippen LogP contribution in [0.15, 0.2) is 46.5 Å². The summed E-state index contributed by atoms with van der Waals surface area (Å²) in [6.07, 6.45) is 6.39. The van der Waals surface area contributed by atoms with Gasteiger partial charge in [0, 0.05) is 30.7 Å². The van der Waals surface area contributed by atoms with Crippen LogP contribution in [0, 0.1) is 0 Å². The molecule has 1 aromatic carbocycles. The van der Waals surface area contributed by atoms with E-state index < -0.39 is 21.5 Å². The van der Waals surface area contributed by atoms with Crippen molar-refractivity contribution < 1.29 is 17.9 Å². The first-order valence-electron chi connectivity index (χ1n) is 11.6. The van der Waals surface area contributed by atoms with E-state index in [1.54, 1.807) is 18.3 Å². The van der Waals surface area contributed by atoms with Gasteiger partial charge in [0.15, 0.2) is 0 Å². The Hall–Kier alpha value is -3.51. The van der Waals surface area contributed by atoms with E-state index >= 15 is 0 Å². The highest BCUT2D eigenvalue weighted by Crippen LogP contribution is 2.45. The van der Waals surface area contributed by atoms with Crippen LogP contribution in [-0.2, 0) is 25.1 Å². The lowest BCUT2D eigenvalue weighted by atomic mass is 9.80. The van der Waals surface area contributed by atoms with Gasteiger partial charge in [-0.1, -0.05) is 19.3 Å². The molecule has 0 amide bonds. The zero-order valence-corrected chi connectivity index (χ0v) is 20.4. The number of esters is 1. The Kier molecular flexibility index (Phi) is 5.72. The molecular formula is C23H27N7O4S. The Morgan fingerprint density at radius 3 is 2.54 bits per heavy atom. The summed E-state index contributed by atoms with van der Waals surface area (Å²) in [6.45, 7) is 3.97. The fourth-order valence-corrected chi connectivity index (χ4v) is 5.43. The molecule has 0 saturated heterocycles. The van der Waals surface area contributed by atoms with Crippen LogP contribution in [0.2, 0.25) is 0 Å². The maximum absolute atomic E-state index is 12.0. The van der Waals surface area contributed by atoms with E-state index in [0.717, 1.165) is 43.3 Å². The van der Waals surface area contributed by atoms with E-state index in [9.17, 15) is 13.2 Å². The van der Waals surface area contributed by atoms with Gasteiger partial charge in [-0.3, -0.25) is 9.36 Å². The molecule has 2 aliphatic rings. The number of primary sulfonamides is 1. The molecule has 11 nitrogen and oxygen atoms in total. The number of nitrogens with zero attached hydrogens (tertiary/aromatic N) is 5. The average Bonchev–Trinajstić information content (AvgIpc) is 3.21. The molecule has 1 fully saturated rings. The number of anilines is 3. The van der Waals surface area contributed by atoms with Gasteiger partial charge in [0.2, 0.25) is 21.9 Å². The number of hydrogen-bond acceptors (Lipinski definition) is 9. The second-order valence-corrected chi connectivity index (χ2v) is 10.4. The molecule has 1 aliphatic heterocycles. The maximum atomic E-state index is 12.0. The van der Waals surface area contributed by atoms with Crippen LogP contribution >= 0.6 is 0 Å². The highest BCUT2D eigenvalue weighted by molar-refractivity contribution is 7.89. The van der Waals surface area contributed by atoms with E-state index in [2.05, 4.69) is 14.9 Å². The minimum absolute atomic E-state index is 0.0243. The Labute approximate surface area is 203 Å². The predicted molar refractivity (Wildman–Crippen MR) is 132 cm³/mol. The second kappa shape index (κ2) is 8.61. The lowest BCUT2D eigenvalue weighted by Gasteiger charge is -2.43. The number of ether oxygens (including phenoxy) is 1. The molecule has 5 rings (SSSR count). The van der Waals surface area contributed by atoms with Gasteiger partial charge in [-0.25, -0.2) is 23.5 Å². The Morgan fingerprint density at radius 1 is 1.20 bits per heavy atom. The molecule has 0 atom stereocenters. The molecule has 0 bridgehead atoms. The van der Waals surface area contributed by atoms with Crippen molar-refractivity contribution in [2.24, 2.45) is 10.2 Å². The van der Waals surface area contributed by atoms with Gasteiger partial charge in [-0.15, -0.1) is 5.10 Å². The monoisotopic (exact) mass is 497 g/mol. The van der Waals surface area contributed by atoms with Crippen molar-refractivity contribution in [3.8, 4) is 0 Å². The summed E-state index contributed by atoms with van der Waals surface area (Å²) in [4.78, 5) is 21.3. The summed E-state index contributed by atoms with van der Waals surface area (Å²) < 4.78 is 30.9. The molecule has 35 heavy (non-hydrogen) atoms. The smallest absolute Gasteiger partial charge is 0.309 e. The fraction of sp³-hybridized carbons (Fsp3) is 0.391. The van der Waals surface area contributed by atoms with Crippen LogP contribution in [-0.4, -0.2) is 41.4 Å². The zero-order chi connectivity index (χ0) is 24.8. The van der Waals surface area contributed by atoms with Crippen LogP contribution in [0.1, 0.15) is 46.0 Å². The number of carbonyl (C=O) groups is 1. The zero-order valence-electron chi connectivity index (χ0n) is 19.6. The summed E-state index contributed by atoms with van der Waals surface area (Å²) >= 11 is 0. The Balaban J connectivity index is 1.60. The van der Waals surface area contributed by atoms with Crippen molar-refractivity contribution in [2.75, 3.05) is 16.9 Å². The van der Waals surface area contributed by atoms with Crippen molar-refractivity contribution in [1.82, 2.24) is 14.5 Å². The van der Waals surface area contributed by atoms with Gasteiger partial charge in [-0.05, 0) is 50.1 Å². The molecule has 3 heterocycles. The molecule has 2 aromatic heterocycles. The van der Waals surface area contributed by atoms with Crippen LogP contribution < -0.4 is 15.5 Å². The Bertz CT molecular complexity index is 1420. The van der Waals surface area contributed by atoms with Gasteiger partial charge < -0.3 is 10.1 Å². The van der Waals surface area contributed by atoms with Crippen molar-refractivity contribution in [2.45, 2.75) is 56.4 Å². The largest absolute Gasteiger partial charge is 0.407 e. The van der Waals surface area contributed by atoms with Crippen molar-refractivity contribution in [3.05, 3.63) is 36.5 Å². The van der Waals surface area contributed by atoms with E-state index in [-0.39, 0.29) is 4.90 Å². The number of aromatic nitrogens is 3. The highest BCUT2D eigenvalue weighted by Gasteiger charge is 2.47. The number of benzene rings is 1. The number of nitrogens with two attached hydrogens (primary N) is 1. The van der Waals surface area contributed by atoms with Crippen molar-refractivity contribution in [3.63, 3.8) is 0 Å². The number of rotatable bonds is 4. The van der Waals surface area contributed by atoms with E-state index in [4.69, 9.17) is 20.0 Å². The summed E-state index contributed by atoms with van der Waals surface area (Å²) in [5.41, 5.74) is 0.723. The first kappa shape index (κ1) is 23.2. The topological polar surface area (TPSA) is 145 Å². The highest BCUT2D eigenvalue weighted by atomic mass is 32.2. The van der Waals surface area contributed by atoms with Crippen molar-refractivity contribution in [1.29, 1.82) is 0 Å². The lowest BCUT2D eigenvalue weighted by molar-refractivity contribution is -0.133. The molecule has 1 spiro atoms. The standard InChI is InChI=1S/C23H27N7O4S/c1-3-29-19-13-16-14-25-22(26-17-7-9-18(10-8-17)35(24,32)33)27-20(16)30(19)23(11-5-4-6-12-23)21(28-29)34-15(2)31/h7-10,13-14H,3-6,11-12H2,1-2H3,(H2,24,32,33)(H,25,26,27). The summed E-state index contributed by atoms with van der Waals surface area (Å²) in [5, 5.41) is 15.7. The van der Waals surface area contributed by atoms with Gasteiger partial charge in [0.05, 0.1) is 4.90 Å². The third-order valence-electron chi connectivity index (χ3n) is 6.48.